The van der Waals surface area contributed by atoms with Crippen molar-refractivity contribution < 1.29 is 12.8 Å². The molecule has 98 valence electrons. The van der Waals surface area contributed by atoms with E-state index in [9.17, 15) is 12.8 Å². The molecule has 1 aromatic rings. The van der Waals surface area contributed by atoms with Crippen molar-refractivity contribution in [3.05, 3.63) is 29.6 Å². The van der Waals surface area contributed by atoms with E-state index < -0.39 is 15.8 Å². The first kappa shape index (κ1) is 13.4. The Labute approximate surface area is 110 Å². The van der Waals surface area contributed by atoms with E-state index in [1.165, 1.54) is 6.07 Å². The van der Waals surface area contributed by atoms with Crippen molar-refractivity contribution in [1.82, 2.24) is 4.72 Å². The Morgan fingerprint density at radius 2 is 2.11 bits per heavy atom. The van der Waals surface area contributed by atoms with Gasteiger partial charge in [-0.25, -0.2) is 17.5 Å². The zero-order chi connectivity index (χ0) is 13.6. The molecular weight excluding hydrogens is 275 g/mol. The number of nitrogens with two attached hydrogens (primary N) is 1. The van der Waals surface area contributed by atoms with Crippen LogP contribution in [0.1, 0.15) is 25.3 Å². The second kappa shape index (κ2) is 4.25. The van der Waals surface area contributed by atoms with E-state index in [0.717, 1.165) is 25.0 Å². The summed E-state index contributed by atoms with van der Waals surface area (Å²) in [5.41, 5.74) is 4.90. The molecule has 0 atom stereocenters. The summed E-state index contributed by atoms with van der Waals surface area (Å²) in [5, 5.41) is 0. The van der Waals surface area contributed by atoms with E-state index in [1.54, 1.807) is 0 Å². The van der Waals surface area contributed by atoms with Crippen molar-refractivity contribution in [3.63, 3.8) is 0 Å². The summed E-state index contributed by atoms with van der Waals surface area (Å²) in [6.07, 6.45) is 1.60. The lowest BCUT2D eigenvalue weighted by molar-refractivity contribution is 0.557. The number of benzene rings is 1. The van der Waals surface area contributed by atoms with Crippen molar-refractivity contribution in [2.75, 3.05) is 0 Å². The van der Waals surface area contributed by atoms with Crippen molar-refractivity contribution in [2.24, 2.45) is 5.73 Å². The molecule has 0 heterocycles. The highest BCUT2D eigenvalue weighted by atomic mass is 32.2. The molecule has 2 rings (SSSR count). The minimum Gasteiger partial charge on any atom is -0.389 e. The average Bonchev–Trinajstić information content (AvgIpc) is 2.94. The summed E-state index contributed by atoms with van der Waals surface area (Å²) in [4.78, 5) is -0.193. The molecule has 7 heteroatoms. The number of sulfonamides is 1. The third-order valence-electron chi connectivity index (χ3n) is 2.89. The summed E-state index contributed by atoms with van der Waals surface area (Å²) in [5.74, 6) is -0.626. The van der Waals surface area contributed by atoms with Crippen LogP contribution in [0.3, 0.4) is 0 Å². The second-order valence-corrected chi connectivity index (χ2v) is 6.79. The van der Waals surface area contributed by atoms with Gasteiger partial charge in [0.15, 0.2) is 0 Å². The Hall–Kier alpha value is -1.05. The molecule has 0 bridgehead atoms. The normalized spacial score (nSPS) is 17.4. The van der Waals surface area contributed by atoms with Crippen molar-refractivity contribution in [2.45, 2.75) is 30.2 Å². The molecule has 0 aromatic heterocycles. The number of nitrogens with one attached hydrogen (secondary N) is 1. The number of hydrogen-bond donors (Lipinski definition) is 2. The van der Waals surface area contributed by atoms with Crippen LogP contribution in [-0.4, -0.2) is 18.9 Å². The molecule has 1 aliphatic carbocycles. The van der Waals surface area contributed by atoms with Crippen molar-refractivity contribution >= 4 is 27.2 Å². The lowest BCUT2D eigenvalue weighted by Gasteiger charge is -2.13. The highest BCUT2D eigenvalue weighted by molar-refractivity contribution is 7.89. The third-order valence-corrected chi connectivity index (χ3v) is 4.75. The molecule has 0 aliphatic heterocycles. The van der Waals surface area contributed by atoms with Crippen molar-refractivity contribution in [1.29, 1.82) is 0 Å². The summed E-state index contributed by atoms with van der Waals surface area (Å²) >= 11 is 4.68. The van der Waals surface area contributed by atoms with Crippen LogP contribution < -0.4 is 10.5 Å². The van der Waals surface area contributed by atoms with Crippen LogP contribution in [0.25, 0.3) is 0 Å². The first-order valence-corrected chi connectivity index (χ1v) is 7.26. The van der Waals surface area contributed by atoms with E-state index in [1.807, 2.05) is 6.92 Å². The van der Waals surface area contributed by atoms with Gasteiger partial charge in [-0.15, -0.1) is 0 Å². The highest BCUT2D eigenvalue weighted by Gasteiger charge is 2.41. The zero-order valence-corrected chi connectivity index (χ0v) is 11.4. The Bertz CT molecular complexity index is 609. The topological polar surface area (TPSA) is 72.2 Å². The van der Waals surface area contributed by atoms with Gasteiger partial charge in [0, 0.05) is 11.1 Å². The van der Waals surface area contributed by atoms with E-state index in [4.69, 9.17) is 5.73 Å². The van der Waals surface area contributed by atoms with E-state index in [-0.39, 0.29) is 21.0 Å². The predicted molar refractivity (Wildman–Crippen MR) is 70.2 cm³/mol. The first-order chi connectivity index (χ1) is 8.23. The van der Waals surface area contributed by atoms with Crippen LogP contribution in [0.15, 0.2) is 23.1 Å². The van der Waals surface area contributed by atoms with Gasteiger partial charge in [-0.3, -0.25) is 0 Å². The third kappa shape index (κ3) is 2.68. The first-order valence-electron chi connectivity index (χ1n) is 5.37. The number of rotatable bonds is 4. The van der Waals surface area contributed by atoms with Crippen LogP contribution in [0.2, 0.25) is 0 Å². The van der Waals surface area contributed by atoms with Crippen molar-refractivity contribution in [3.8, 4) is 0 Å². The Kier molecular flexibility index (Phi) is 3.16. The van der Waals surface area contributed by atoms with Gasteiger partial charge in [-0.2, -0.15) is 0 Å². The number of thiocarbonyl (C=S) groups is 1. The van der Waals surface area contributed by atoms with Gasteiger partial charge >= 0.3 is 0 Å². The fraction of sp³-hybridized carbons (Fsp3) is 0.364. The summed E-state index contributed by atoms with van der Waals surface area (Å²) in [6.45, 7) is 1.82. The highest BCUT2D eigenvalue weighted by Crippen LogP contribution is 2.36. The summed E-state index contributed by atoms with van der Waals surface area (Å²) in [6, 6.07) is 3.41. The standard InChI is InChI=1S/C11H13FN2O2S2/c1-11(4-5-11)14-18(15,16)7-2-3-9(12)8(6-7)10(13)17/h2-3,6,14H,4-5H2,1H3,(H2,13,17). The van der Waals surface area contributed by atoms with Gasteiger partial charge in [0.25, 0.3) is 0 Å². The van der Waals surface area contributed by atoms with Gasteiger partial charge in [0.05, 0.1) is 4.90 Å². The molecule has 0 amide bonds. The number of halogens is 1. The lowest BCUT2D eigenvalue weighted by atomic mass is 10.2. The minimum atomic E-state index is -3.66. The SMILES string of the molecule is CC1(NS(=O)(=O)c2ccc(F)c(C(N)=S)c2)CC1. The lowest BCUT2D eigenvalue weighted by Crippen LogP contribution is -2.34. The van der Waals surface area contributed by atoms with Gasteiger partial charge in [-0.1, -0.05) is 12.2 Å². The molecule has 18 heavy (non-hydrogen) atoms. The molecule has 1 fully saturated rings. The fourth-order valence-corrected chi connectivity index (χ4v) is 3.18. The van der Waals surface area contributed by atoms with Gasteiger partial charge in [0.1, 0.15) is 10.8 Å². The Morgan fingerprint density at radius 1 is 1.50 bits per heavy atom. The van der Waals surface area contributed by atoms with Gasteiger partial charge in [0.2, 0.25) is 10.0 Å². The van der Waals surface area contributed by atoms with Gasteiger partial charge < -0.3 is 5.73 Å². The number of hydrogen-bond acceptors (Lipinski definition) is 3. The molecule has 0 saturated heterocycles. The van der Waals surface area contributed by atoms with E-state index in [2.05, 4.69) is 16.9 Å². The minimum absolute atomic E-state index is 0.0279. The summed E-state index contributed by atoms with van der Waals surface area (Å²) in [7, 11) is -3.66. The van der Waals surface area contributed by atoms with Crippen LogP contribution in [0.5, 0.6) is 0 Å². The monoisotopic (exact) mass is 288 g/mol. The fourth-order valence-electron chi connectivity index (χ4n) is 1.53. The molecule has 0 unspecified atom stereocenters. The average molecular weight is 288 g/mol. The maximum Gasteiger partial charge on any atom is 0.241 e. The molecule has 4 nitrogen and oxygen atoms in total. The van der Waals surface area contributed by atoms with Crippen LogP contribution in [-0.2, 0) is 10.0 Å². The predicted octanol–water partition coefficient (Wildman–Crippen LogP) is 1.29. The molecule has 0 spiro atoms. The van der Waals surface area contributed by atoms with Crippen LogP contribution >= 0.6 is 12.2 Å². The maximum absolute atomic E-state index is 13.4. The Morgan fingerprint density at radius 3 is 2.61 bits per heavy atom. The van der Waals surface area contributed by atoms with Crippen LogP contribution in [0.4, 0.5) is 4.39 Å². The zero-order valence-electron chi connectivity index (χ0n) is 9.73. The molecular formula is C11H13FN2O2S2. The molecule has 3 N–H and O–H groups in total. The van der Waals surface area contributed by atoms with E-state index >= 15 is 0 Å². The Balaban J connectivity index is 2.39. The summed E-state index contributed by atoms with van der Waals surface area (Å²) < 4.78 is 40.1. The van der Waals surface area contributed by atoms with Crippen LogP contribution in [0, 0.1) is 5.82 Å². The largest absolute Gasteiger partial charge is 0.389 e. The van der Waals surface area contributed by atoms with Gasteiger partial charge in [-0.05, 0) is 38.0 Å². The van der Waals surface area contributed by atoms with E-state index in [0.29, 0.717) is 0 Å². The molecule has 0 radical (unpaired) electrons. The maximum atomic E-state index is 13.4. The molecule has 1 saturated carbocycles. The second-order valence-electron chi connectivity index (χ2n) is 4.67. The molecule has 1 aliphatic rings. The quantitative estimate of drug-likeness (QED) is 0.819. The smallest absolute Gasteiger partial charge is 0.241 e. The molecule has 1 aromatic carbocycles.